The molecule has 0 aliphatic carbocycles. The highest BCUT2D eigenvalue weighted by Crippen LogP contribution is 2.50. The number of aromatic nitrogens is 8. The first kappa shape index (κ1) is 21.8. The van der Waals surface area contributed by atoms with Gasteiger partial charge in [-0.3, -0.25) is 9.88 Å². The van der Waals surface area contributed by atoms with Crippen LogP contribution in [0.3, 0.4) is 0 Å². The highest BCUT2D eigenvalue weighted by molar-refractivity contribution is 7.13. The Morgan fingerprint density at radius 2 is 1.86 bits per heavy atom. The highest BCUT2D eigenvalue weighted by Gasteiger charge is 2.52. The number of rotatable bonds is 6. The minimum absolute atomic E-state index is 0.450. The molecular weight excluding hydrogens is 533 g/mol. The molecule has 15 heteroatoms. The molecular formula is C22H12N10O2S3. The monoisotopic (exact) mass is 544 g/mol. The van der Waals surface area contributed by atoms with E-state index < -0.39 is 5.66 Å². The van der Waals surface area contributed by atoms with Crippen LogP contribution >= 0.6 is 34.4 Å². The third-order valence-electron chi connectivity index (χ3n) is 5.62. The maximum atomic E-state index is 5.35. The van der Waals surface area contributed by atoms with E-state index in [1.165, 1.54) is 46.9 Å². The third kappa shape index (κ3) is 3.43. The van der Waals surface area contributed by atoms with Gasteiger partial charge < -0.3 is 9.05 Å². The molecule has 1 unspecified atom stereocenters. The van der Waals surface area contributed by atoms with E-state index in [1.807, 2.05) is 45.3 Å². The van der Waals surface area contributed by atoms with Crippen molar-refractivity contribution in [2.75, 3.05) is 4.90 Å². The molecule has 1 atom stereocenters. The Labute approximate surface area is 220 Å². The van der Waals surface area contributed by atoms with Gasteiger partial charge in [0.05, 0.1) is 17.0 Å². The second kappa shape index (κ2) is 8.88. The van der Waals surface area contributed by atoms with Crippen LogP contribution in [-0.4, -0.2) is 45.2 Å². The molecule has 0 aromatic carbocycles. The summed E-state index contributed by atoms with van der Waals surface area (Å²) in [4.78, 5) is 16.7. The van der Waals surface area contributed by atoms with Crippen LogP contribution in [0.1, 0.15) is 28.5 Å². The lowest BCUT2D eigenvalue weighted by Gasteiger charge is -2.43. The van der Waals surface area contributed by atoms with E-state index in [1.54, 1.807) is 18.5 Å². The largest absolute Gasteiger partial charge is 0.364 e. The van der Waals surface area contributed by atoms with Crippen LogP contribution < -0.4 is 4.90 Å². The maximum Gasteiger partial charge on any atom is 0.228 e. The summed E-state index contributed by atoms with van der Waals surface area (Å²) in [7, 11) is 0. The summed E-state index contributed by atoms with van der Waals surface area (Å²) in [6, 6.07) is 9.30. The van der Waals surface area contributed by atoms with Crippen LogP contribution in [0.2, 0.25) is 0 Å². The van der Waals surface area contributed by atoms with Crippen LogP contribution in [0, 0.1) is 0 Å². The summed E-state index contributed by atoms with van der Waals surface area (Å²) < 4.78 is 19.3. The zero-order valence-corrected chi connectivity index (χ0v) is 20.9. The summed E-state index contributed by atoms with van der Waals surface area (Å²) >= 11 is 3.97. The molecule has 0 saturated carbocycles. The van der Waals surface area contributed by atoms with Gasteiger partial charge in [0.2, 0.25) is 5.66 Å². The molecule has 0 radical (unpaired) electrons. The van der Waals surface area contributed by atoms with Gasteiger partial charge in [-0.05, 0) is 41.3 Å². The van der Waals surface area contributed by atoms with Gasteiger partial charge in [0, 0.05) is 39.9 Å². The summed E-state index contributed by atoms with van der Waals surface area (Å²) in [6.45, 7) is 0. The number of hydrogen-bond donors (Lipinski definition) is 0. The van der Waals surface area contributed by atoms with Crippen molar-refractivity contribution in [1.82, 2.24) is 39.5 Å². The summed E-state index contributed by atoms with van der Waals surface area (Å²) in [5, 5.41) is 22.9. The van der Waals surface area contributed by atoms with Crippen molar-refractivity contribution in [3.05, 3.63) is 99.9 Å². The number of nitrogens with zero attached hydrogens (tertiary/aromatic N) is 10. The first-order valence-electron chi connectivity index (χ1n) is 10.7. The van der Waals surface area contributed by atoms with Gasteiger partial charge in [-0.25, -0.2) is 9.98 Å². The van der Waals surface area contributed by atoms with Gasteiger partial charge >= 0.3 is 0 Å². The van der Waals surface area contributed by atoms with E-state index >= 15 is 0 Å². The number of aliphatic imine (C=N–C) groups is 1. The highest BCUT2D eigenvalue weighted by atomic mass is 32.1. The number of anilines is 1. The Hall–Kier alpha value is -4.47. The van der Waals surface area contributed by atoms with Crippen molar-refractivity contribution in [3.63, 3.8) is 0 Å². The average Bonchev–Trinajstić information content (AvgIpc) is 3.79. The molecule has 12 nitrogen and oxygen atoms in total. The number of hydrogen-bond acceptors (Lipinski definition) is 15. The van der Waals surface area contributed by atoms with Crippen LogP contribution in [0.15, 0.2) is 85.4 Å². The molecule has 0 N–H and O–H groups in total. The molecule has 6 aromatic heterocycles. The summed E-state index contributed by atoms with van der Waals surface area (Å²) in [6.07, 6.45) is 6.40. The van der Waals surface area contributed by atoms with E-state index in [2.05, 4.69) is 30.1 Å². The van der Waals surface area contributed by atoms with Crippen molar-refractivity contribution in [3.8, 4) is 0 Å². The lowest BCUT2D eigenvalue weighted by Crippen LogP contribution is -2.49. The van der Waals surface area contributed by atoms with Crippen molar-refractivity contribution in [2.45, 2.75) is 5.66 Å². The molecule has 0 amide bonds. The molecule has 37 heavy (non-hydrogen) atoms. The standard InChI is InChI=1S/C22H12N10O2S3/c1-2-6-23-16(3-1)22(17-4-8-33-28-17)25-19(15-12-37-31-27-15)18(14-11-34-30-26-14)20(13-5-9-36-29-13)32(22)21-24-7-10-35-21/h1-12H. The van der Waals surface area contributed by atoms with Crippen molar-refractivity contribution >= 4 is 56.5 Å². The van der Waals surface area contributed by atoms with Gasteiger partial charge in [-0.2, -0.15) is 4.37 Å². The fourth-order valence-electron chi connectivity index (χ4n) is 4.20. The van der Waals surface area contributed by atoms with Crippen molar-refractivity contribution in [1.29, 1.82) is 0 Å². The fraction of sp³-hybridized carbons (Fsp3) is 0.0455. The first-order valence-corrected chi connectivity index (χ1v) is 13.2. The molecule has 0 saturated heterocycles. The quantitative estimate of drug-likeness (QED) is 0.300. The molecule has 180 valence electrons. The normalized spacial score (nSPS) is 17.8. The van der Waals surface area contributed by atoms with Gasteiger partial charge in [0.25, 0.3) is 0 Å². The number of allylic oxidation sites excluding steroid dienone is 1. The van der Waals surface area contributed by atoms with Crippen molar-refractivity contribution in [2.24, 2.45) is 4.99 Å². The van der Waals surface area contributed by atoms with Gasteiger partial charge in [-0.15, -0.1) is 21.5 Å². The zero-order chi connectivity index (χ0) is 24.7. The van der Waals surface area contributed by atoms with Crippen LogP contribution in [0.25, 0.3) is 11.3 Å². The average molecular weight is 545 g/mol. The van der Waals surface area contributed by atoms with Gasteiger partial charge in [0.15, 0.2) is 11.4 Å². The molecule has 1 aliphatic rings. The zero-order valence-electron chi connectivity index (χ0n) is 18.4. The van der Waals surface area contributed by atoms with Crippen LogP contribution in [0.5, 0.6) is 0 Å². The Balaban J connectivity index is 1.68. The predicted octanol–water partition coefficient (Wildman–Crippen LogP) is 4.00. The fourth-order valence-corrected chi connectivity index (χ4v) is 5.84. The predicted molar refractivity (Wildman–Crippen MR) is 136 cm³/mol. The molecule has 7 rings (SSSR count). The number of pyridine rings is 1. The second-order valence-corrected chi connectivity index (χ2v) is 9.72. The molecule has 0 spiro atoms. The molecule has 0 fully saturated rings. The Morgan fingerprint density at radius 3 is 2.54 bits per heavy atom. The Morgan fingerprint density at radius 1 is 0.865 bits per heavy atom. The van der Waals surface area contributed by atoms with Crippen LogP contribution in [0.4, 0.5) is 5.13 Å². The summed E-state index contributed by atoms with van der Waals surface area (Å²) in [5.41, 5.74) is 3.14. The van der Waals surface area contributed by atoms with Gasteiger partial charge in [-0.1, -0.05) is 15.7 Å². The lowest BCUT2D eigenvalue weighted by atomic mass is 9.90. The minimum atomic E-state index is -1.34. The molecule has 6 aromatic rings. The smallest absolute Gasteiger partial charge is 0.228 e. The van der Waals surface area contributed by atoms with E-state index in [0.29, 0.717) is 50.6 Å². The minimum Gasteiger partial charge on any atom is -0.364 e. The van der Waals surface area contributed by atoms with E-state index in [0.717, 1.165) is 0 Å². The van der Waals surface area contributed by atoms with E-state index in [-0.39, 0.29) is 0 Å². The lowest BCUT2D eigenvalue weighted by molar-refractivity contribution is 0.387. The first-order chi connectivity index (χ1) is 18.4. The summed E-state index contributed by atoms with van der Waals surface area (Å²) in [5.74, 6) is 0. The second-order valence-electron chi connectivity index (χ2n) is 7.57. The SMILES string of the molecule is c1ccc(C2(c3ccon3)N=C(c3csnn3)C(c3conn3)=C(c3ccsn3)N2c2nccs2)nc1. The Bertz CT molecular complexity index is 1660. The molecule has 1 aliphatic heterocycles. The van der Waals surface area contributed by atoms with Gasteiger partial charge in [0.1, 0.15) is 34.8 Å². The molecule has 0 bridgehead atoms. The van der Waals surface area contributed by atoms with E-state index in [4.69, 9.17) is 23.4 Å². The van der Waals surface area contributed by atoms with Crippen LogP contribution in [-0.2, 0) is 5.66 Å². The number of thiazole rings is 1. The van der Waals surface area contributed by atoms with E-state index in [9.17, 15) is 0 Å². The molecule has 7 heterocycles. The topological polar surface area (TPSA) is 145 Å². The third-order valence-corrected chi connectivity index (χ3v) is 7.44. The van der Waals surface area contributed by atoms with Crippen molar-refractivity contribution < 1.29 is 9.05 Å². The maximum absolute atomic E-state index is 5.35. The Kier molecular flexibility index (Phi) is 5.23.